The number of amides is 1. The summed E-state index contributed by atoms with van der Waals surface area (Å²) in [5.74, 6) is 0.713. The van der Waals surface area contributed by atoms with Crippen molar-refractivity contribution >= 4 is 17.5 Å². The summed E-state index contributed by atoms with van der Waals surface area (Å²) in [6.07, 6.45) is 3.30. The van der Waals surface area contributed by atoms with Crippen LogP contribution in [0.2, 0.25) is 5.02 Å². The first kappa shape index (κ1) is 27.2. The van der Waals surface area contributed by atoms with Gasteiger partial charge in [0.2, 0.25) is 0 Å². The lowest BCUT2D eigenvalue weighted by Crippen LogP contribution is -2.34. The van der Waals surface area contributed by atoms with Crippen molar-refractivity contribution in [3.63, 3.8) is 0 Å². The fourth-order valence-electron chi connectivity index (χ4n) is 2.85. The Labute approximate surface area is 193 Å². The van der Waals surface area contributed by atoms with Gasteiger partial charge in [0.15, 0.2) is 0 Å². The van der Waals surface area contributed by atoms with Crippen LogP contribution in [0.25, 0.3) is 0 Å². The van der Waals surface area contributed by atoms with E-state index in [2.05, 4.69) is 38.1 Å². The molecule has 0 fully saturated rings. The lowest BCUT2D eigenvalue weighted by atomic mass is 10.1. The van der Waals surface area contributed by atoms with Crippen LogP contribution in [0.1, 0.15) is 81.2 Å². The minimum atomic E-state index is -0.171. The molecule has 1 aromatic heterocycles. The zero-order valence-corrected chi connectivity index (χ0v) is 21.1. The van der Waals surface area contributed by atoms with Crippen LogP contribution in [0.4, 0.5) is 0 Å². The number of rotatable bonds is 10. The maximum absolute atomic E-state index is 12.4. The quantitative estimate of drug-likeness (QED) is 0.470. The molecule has 1 aromatic carbocycles. The van der Waals surface area contributed by atoms with E-state index in [0.29, 0.717) is 30.4 Å². The molecule has 1 heterocycles. The standard InChI is InChI=1S/C20H28ClN3O2.C5H12/c1-5-7-18(26-6-2)12-22-20(25)19-10-15(4)24(23-19)13-16-11-17(21)9-8-14(16)3;1-4-5(2)3/h8-11,18H,5-7,12-13H2,1-4H3,(H,22,25);5H,4H2,1-3H3. The molecule has 0 saturated carbocycles. The zero-order valence-electron chi connectivity index (χ0n) is 20.3. The smallest absolute Gasteiger partial charge is 0.271 e. The molecule has 1 amide bonds. The molecule has 1 unspecified atom stereocenters. The molecular formula is C25H40ClN3O2. The fraction of sp³-hybridized carbons (Fsp3) is 0.600. The molecule has 1 N–H and O–H groups in total. The molecule has 5 nitrogen and oxygen atoms in total. The van der Waals surface area contributed by atoms with E-state index in [1.165, 1.54) is 6.42 Å². The molecule has 2 aromatic rings. The first-order valence-corrected chi connectivity index (χ1v) is 11.8. The van der Waals surface area contributed by atoms with Crippen molar-refractivity contribution in [3.8, 4) is 0 Å². The Bertz CT molecular complexity index is 796. The van der Waals surface area contributed by atoms with Gasteiger partial charge in [-0.15, -0.1) is 0 Å². The highest BCUT2D eigenvalue weighted by atomic mass is 35.5. The summed E-state index contributed by atoms with van der Waals surface area (Å²) in [7, 11) is 0. The summed E-state index contributed by atoms with van der Waals surface area (Å²) in [6.45, 7) is 16.4. The molecule has 6 heteroatoms. The van der Waals surface area contributed by atoms with Crippen LogP contribution in [0, 0.1) is 19.8 Å². The molecule has 31 heavy (non-hydrogen) atoms. The van der Waals surface area contributed by atoms with Crippen molar-refractivity contribution in [2.24, 2.45) is 5.92 Å². The van der Waals surface area contributed by atoms with E-state index in [1.54, 1.807) is 0 Å². The summed E-state index contributed by atoms with van der Waals surface area (Å²) in [6, 6.07) is 7.62. The highest BCUT2D eigenvalue weighted by Gasteiger charge is 2.15. The number of nitrogens with zero attached hydrogens (tertiary/aromatic N) is 2. The Morgan fingerprint density at radius 1 is 1.19 bits per heavy atom. The third kappa shape index (κ3) is 9.88. The zero-order chi connectivity index (χ0) is 23.4. The number of hydrogen-bond acceptors (Lipinski definition) is 3. The summed E-state index contributed by atoms with van der Waals surface area (Å²) in [4.78, 5) is 12.4. The van der Waals surface area contributed by atoms with Crippen LogP contribution in [0.5, 0.6) is 0 Å². The van der Waals surface area contributed by atoms with Gasteiger partial charge in [-0.3, -0.25) is 9.48 Å². The minimum absolute atomic E-state index is 0.0474. The van der Waals surface area contributed by atoms with E-state index in [-0.39, 0.29) is 12.0 Å². The number of aromatic nitrogens is 2. The van der Waals surface area contributed by atoms with Crippen LogP contribution in [0.15, 0.2) is 24.3 Å². The lowest BCUT2D eigenvalue weighted by molar-refractivity contribution is 0.0533. The van der Waals surface area contributed by atoms with E-state index < -0.39 is 0 Å². The molecule has 0 saturated heterocycles. The summed E-state index contributed by atoms with van der Waals surface area (Å²) in [5, 5.41) is 8.10. The predicted molar refractivity (Wildman–Crippen MR) is 130 cm³/mol. The highest BCUT2D eigenvalue weighted by Crippen LogP contribution is 2.17. The van der Waals surface area contributed by atoms with Crippen molar-refractivity contribution in [2.45, 2.75) is 80.4 Å². The molecule has 0 spiro atoms. The average molecular weight is 450 g/mol. The van der Waals surface area contributed by atoms with Crippen LogP contribution >= 0.6 is 11.6 Å². The molecule has 0 radical (unpaired) electrons. The Kier molecular flexibility index (Phi) is 12.5. The predicted octanol–water partition coefficient (Wildman–Crippen LogP) is 6.19. The normalized spacial score (nSPS) is 11.8. The topological polar surface area (TPSA) is 56.2 Å². The van der Waals surface area contributed by atoms with Gasteiger partial charge in [-0.2, -0.15) is 5.10 Å². The third-order valence-corrected chi connectivity index (χ3v) is 5.40. The van der Waals surface area contributed by atoms with Crippen LogP contribution in [-0.4, -0.2) is 34.9 Å². The number of hydrogen-bond donors (Lipinski definition) is 1. The maximum Gasteiger partial charge on any atom is 0.271 e. The van der Waals surface area contributed by atoms with Crippen LogP contribution in [-0.2, 0) is 11.3 Å². The molecule has 0 bridgehead atoms. The number of carbonyl (C=O) groups is 1. The molecule has 1 atom stereocenters. The fourth-order valence-corrected chi connectivity index (χ4v) is 3.05. The van der Waals surface area contributed by atoms with E-state index >= 15 is 0 Å². The molecule has 0 aliphatic rings. The minimum Gasteiger partial charge on any atom is -0.377 e. The number of carbonyl (C=O) groups excluding carboxylic acids is 1. The van der Waals surface area contributed by atoms with Crippen molar-refractivity contribution in [1.82, 2.24) is 15.1 Å². The van der Waals surface area contributed by atoms with Gasteiger partial charge in [0.1, 0.15) is 5.69 Å². The molecule has 0 aliphatic heterocycles. The maximum atomic E-state index is 12.4. The number of aryl methyl sites for hydroxylation is 2. The lowest BCUT2D eigenvalue weighted by Gasteiger charge is -2.16. The average Bonchev–Trinajstić information content (AvgIpc) is 3.10. The van der Waals surface area contributed by atoms with Gasteiger partial charge in [0.25, 0.3) is 5.91 Å². The third-order valence-electron chi connectivity index (χ3n) is 5.16. The second kappa shape index (κ2) is 14.3. The van der Waals surface area contributed by atoms with Gasteiger partial charge in [0.05, 0.1) is 12.6 Å². The number of benzene rings is 1. The Hall–Kier alpha value is -1.85. The number of ether oxygens (including phenoxy) is 1. The van der Waals surface area contributed by atoms with E-state index in [0.717, 1.165) is 35.6 Å². The van der Waals surface area contributed by atoms with Crippen molar-refractivity contribution in [1.29, 1.82) is 0 Å². The first-order chi connectivity index (χ1) is 14.7. The molecule has 2 rings (SSSR count). The Morgan fingerprint density at radius 3 is 2.45 bits per heavy atom. The second-order valence-corrected chi connectivity index (χ2v) is 8.71. The number of halogens is 1. The number of nitrogens with one attached hydrogen (secondary N) is 1. The second-order valence-electron chi connectivity index (χ2n) is 8.28. The van der Waals surface area contributed by atoms with Gasteiger partial charge >= 0.3 is 0 Å². The Morgan fingerprint density at radius 2 is 1.87 bits per heavy atom. The van der Waals surface area contributed by atoms with Gasteiger partial charge in [-0.1, -0.05) is 58.2 Å². The van der Waals surface area contributed by atoms with Crippen molar-refractivity contribution in [2.75, 3.05) is 13.2 Å². The van der Waals surface area contributed by atoms with Gasteiger partial charge in [-0.05, 0) is 62.4 Å². The van der Waals surface area contributed by atoms with E-state index in [1.807, 2.05) is 49.7 Å². The van der Waals surface area contributed by atoms with E-state index in [9.17, 15) is 4.79 Å². The van der Waals surface area contributed by atoms with Crippen LogP contribution < -0.4 is 5.32 Å². The van der Waals surface area contributed by atoms with Gasteiger partial charge in [0, 0.05) is 23.9 Å². The molecule has 0 aliphatic carbocycles. The first-order valence-electron chi connectivity index (χ1n) is 11.4. The van der Waals surface area contributed by atoms with Crippen molar-refractivity contribution in [3.05, 3.63) is 51.8 Å². The summed E-state index contributed by atoms with van der Waals surface area (Å²) >= 11 is 6.10. The van der Waals surface area contributed by atoms with Crippen molar-refractivity contribution < 1.29 is 9.53 Å². The molecule has 174 valence electrons. The SMILES string of the molecule is CCC(C)C.CCCC(CNC(=O)c1cc(C)n(Cc2cc(Cl)ccc2C)n1)OCC. The summed E-state index contributed by atoms with van der Waals surface area (Å²) in [5.41, 5.74) is 3.60. The summed E-state index contributed by atoms with van der Waals surface area (Å²) < 4.78 is 7.48. The Balaban J connectivity index is 0.000000861. The monoisotopic (exact) mass is 449 g/mol. The largest absolute Gasteiger partial charge is 0.377 e. The van der Waals surface area contributed by atoms with Gasteiger partial charge < -0.3 is 10.1 Å². The highest BCUT2D eigenvalue weighted by molar-refractivity contribution is 6.30. The van der Waals surface area contributed by atoms with E-state index in [4.69, 9.17) is 16.3 Å². The van der Waals surface area contributed by atoms with Gasteiger partial charge in [-0.25, -0.2) is 0 Å². The van der Waals surface area contributed by atoms with Crippen LogP contribution in [0.3, 0.4) is 0 Å². The molecular weight excluding hydrogens is 410 g/mol.